The van der Waals surface area contributed by atoms with Gasteiger partial charge in [-0.1, -0.05) is 97.4 Å². The summed E-state index contributed by atoms with van der Waals surface area (Å²) in [6.45, 7) is 9.36. The molecule has 2 fully saturated rings. The molecule has 3 atom stereocenters. The van der Waals surface area contributed by atoms with Gasteiger partial charge in [-0.05, 0) is 64.1 Å². The first kappa shape index (κ1) is 39.3. The molecule has 2 aliphatic rings. The molecule has 53 heavy (non-hydrogen) atoms. The van der Waals surface area contributed by atoms with Gasteiger partial charge in [-0.15, -0.1) is 0 Å². The average molecular weight is 728 g/mol. The third-order valence-electron chi connectivity index (χ3n) is 10.2. The van der Waals surface area contributed by atoms with E-state index in [1.54, 1.807) is 6.92 Å². The van der Waals surface area contributed by atoms with Crippen LogP contribution in [0.15, 0.2) is 91.0 Å². The molecule has 3 aromatic rings. The fourth-order valence-electron chi connectivity index (χ4n) is 6.53. The maximum absolute atomic E-state index is 14.3. The minimum absolute atomic E-state index is 0.0247. The average Bonchev–Trinajstić information content (AvgIpc) is 3.61. The number of hydrogen-bond acceptors (Lipinski definition) is 9. The minimum Gasteiger partial charge on any atom is -0.459 e. The molecule has 2 N–H and O–H groups in total. The lowest BCUT2D eigenvalue weighted by Gasteiger charge is -2.33. The maximum Gasteiger partial charge on any atom is 0.457 e. The van der Waals surface area contributed by atoms with Crippen molar-refractivity contribution in [3.8, 4) is 0 Å². The van der Waals surface area contributed by atoms with Crippen molar-refractivity contribution in [1.29, 1.82) is 0 Å². The van der Waals surface area contributed by atoms with Gasteiger partial charge in [0.25, 0.3) is 0 Å². The number of benzene rings is 3. The summed E-state index contributed by atoms with van der Waals surface area (Å²) in [5, 5.41) is 5.46. The molecule has 12 nitrogen and oxygen atoms in total. The van der Waals surface area contributed by atoms with Crippen molar-refractivity contribution < 1.29 is 42.7 Å². The number of nitrogens with zero attached hydrogens (tertiary/aromatic N) is 1. The highest BCUT2D eigenvalue weighted by atomic mass is 16.7. The third-order valence-corrected chi connectivity index (χ3v) is 10.2. The number of rotatable bonds is 14. The van der Waals surface area contributed by atoms with Crippen LogP contribution < -0.4 is 10.6 Å². The van der Waals surface area contributed by atoms with E-state index in [2.05, 4.69) is 10.6 Å². The Morgan fingerprint density at radius 1 is 0.755 bits per heavy atom. The van der Waals surface area contributed by atoms with E-state index in [4.69, 9.17) is 23.5 Å². The highest BCUT2D eigenvalue weighted by Gasteiger charge is 2.56. The topological polar surface area (TPSA) is 142 Å². The van der Waals surface area contributed by atoms with Gasteiger partial charge in [0.1, 0.15) is 25.9 Å². The van der Waals surface area contributed by atoms with Gasteiger partial charge < -0.3 is 39.1 Å². The number of ether oxygens (including phenoxy) is 3. The standard InChI is InChI=1S/C40H50BN3O9/c1-29(42-36(47)50-26-31-18-11-7-12-19-31)34(45)44-24-33(22-15-23-41-52-38(2,3)39(4,5)53-41)40(28-44,35(46)49-25-30-16-9-6-10-17-30)43-37(48)51-27-32-20-13-8-14-21-32/h6-14,16-21,29,33H,15,22-28H2,1-5H3,(H,42,47)(H,43,48)/t29-,33-,40-/m0/s1. The molecular weight excluding hydrogens is 677 g/mol. The number of amides is 3. The summed E-state index contributed by atoms with van der Waals surface area (Å²) in [6.07, 6.45) is -0.0996. The van der Waals surface area contributed by atoms with Crippen molar-refractivity contribution in [3.63, 3.8) is 0 Å². The summed E-state index contributed by atoms with van der Waals surface area (Å²) in [5.41, 5.74) is -0.346. The number of hydrogen-bond donors (Lipinski definition) is 2. The molecule has 3 amide bonds. The van der Waals surface area contributed by atoms with Crippen molar-refractivity contribution in [1.82, 2.24) is 15.5 Å². The molecule has 3 aromatic carbocycles. The Kier molecular flexibility index (Phi) is 12.8. The summed E-state index contributed by atoms with van der Waals surface area (Å²) in [4.78, 5) is 55.9. The fraction of sp³-hybridized carbons (Fsp3) is 0.450. The Balaban J connectivity index is 1.34. The molecule has 0 aromatic heterocycles. The van der Waals surface area contributed by atoms with E-state index < -0.39 is 59.9 Å². The Bertz CT molecular complexity index is 1680. The zero-order chi connectivity index (χ0) is 38.1. The lowest BCUT2D eigenvalue weighted by Crippen LogP contribution is -2.61. The normalized spacial score (nSPS) is 20.7. The number of likely N-dealkylation sites (tertiary alicyclic amines) is 1. The van der Waals surface area contributed by atoms with E-state index in [1.165, 1.54) is 4.90 Å². The monoisotopic (exact) mass is 727 g/mol. The molecule has 2 heterocycles. The predicted molar refractivity (Wildman–Crippen MR) is 198 cm³/mol. The SMILES string of the molecule is C[C@H](NC(=O)OCc1ccccc1)C(=O)N1C[C@H](CCCB2OC(C)(C)C(C)(C)O2)[C@](NC(=O)OCc2ccccc2)(C(=O)OCc2ccccc2)C1. The van der Waals surface area contributed by atoms with Crippen LogP contribution in [0.2, 0.25) is 6.32 Å². The van der Waals surface area contributed by atoms with E-state index in [0.29, 0.717) is 19.2 Å². The summed E-state index contributed by atoms with van der Waals surface area (Å²) in [5.74, 6) is -1.73. The van der Waals surface area contributed by atoms with Crippen LogP contribution >= 0.6 is 0 Å². The molecule has 0 bridgehead atoms. The summed E-state index contributed by atoms with van der Waals surface area (Å²) < 4.78 is 29.2. The van der Waals surface area contributed by atoms with Gasteiger partial charge >= 0.3 is 25.3 Å². The van der Waals surface area contributed by atoms with Crippen LogP contribution in [0.25, 0.3) is 0 Å². The van der Waals surface area contributed by atoms with E-state index in [-0.39, 0.29) is 32.9 Å². The maximum atomic E-state index is 14.3. The molecule has 0 saturated carbocycles. The third kappa shape index (κ3) is 10.2. The van der Waals surface area contributed by atoms with E-state index in [0.717, 1.165) is 16.7 Å². The highest BCUT2D eigenvalue weighted by Crippen LogP contribution is 2.39. The molecular formula is C40H50BN3O9. The largest absolute Gasteiger partial charge is 0.459 e. The van der Waals surface area contributed by atoms with Crippen LogP contribution in [-0.2, 0) is 52.9 Å². The first-order valence-electron chi connectivity index (χ1n) is 18.1. The summed E-state index contributed by atoms with van der Waals surface area (Å²) in [7, 11) is -0.464. The summed E-state index contributed by atoms with van der Waals surface area (Å²) >= 11 is 0. The van der Waals surface area contributed by atoms with Crippen molar-refractivity contribution in [2.75, 3.05) is 13.1 Å². The Morgan fingerprint density at radius 2 is 1.23 bits per heavy atom. The van der Waals surface area contributed by atoms with Crippen molar-refractivity contribution in [2.45, 2.75) is 96.4 Å². The van der Waals surface area contributed by atoms with Gasteiger partial charge in [0.2, 0.25) is 5.91 Å². The van der Waals surface area contributed by atoms with Crippen LogP contribution in [0.3, 0.4) is 0 Å². The Labute approximate surface area is 312 Å². The number of alkyl carbamates (subject to hydrolysis) is 2. The van der Waals surface area contributed by atoms with Crippen LogP contribution in [-0.4, -0.2) is 72.0 Å². The van der Waals surface area contributed by atoms with Gasteiger partial charge in [-0.25, -0.2) is 14.4 Å². The minimum atomic E-state index is -1.66. The van der Waals surface area contributed by atoms with Gasteiger partial charge in [0, 0.05) is 12.5 Å². The van der Waals surface area contributed by atoms with Crippen LogP contribution in [0, 0.1) is 5.92 Å². The fourth-order valence-corrected chi connectivity index (χ4v) is 6.53. The second-order valence-electron chi connectivity index (χ2n) is 14.7. The highest BCUT2D eigenvalue weighted by molar-refractivity contribution is 6.45. The molecule has 2 saturated heterocycles. The molecule has 282 valence electrons. The Hall–Kier alpha value is -4.88. The zero-order valence-electron chi connectivity index (χ0n) is 31.2. The van der Waals surface area contributed by atoms with Crippen LogP contribution in [0.1, 0.15) is 64.2 Å². The lowest BCUT2D eigenvalue weighted by atomic mass is 9.77. The number of esters is 1. The molecule has 5 rings (SSSR count). The molecule has 13 heteroatoms. The molecule has 0 aliphatic carbocycles. The van der Waals surface area contributed by atoms with E-state index in [1.807, 2.05) is 119 Å². The second kappa shape index (κ2) is 17.3. The summed E-state index contributed by atoms with van der Waals surface area (Å²) in [6, 6.07) is 26.6. The Morgan fingerprint density at radius 3 is 1.74 bits per heavy atom. The molecule has 0 radical (unpaired) electrons. The quantitative estimate of drug-likeness (QED) is 0.116. The lowest BCUT2D eigenvalue weighted by molar-refractivity contribution is -0.154. The predicted octanol–water partition coefficient (Wildman–Crippen LogP) is 6.04. The van der Waals surface area contributed by atoms with E-state index in [9.17, 15) is 19.2 Å². The van der Waals surface area contributed by atoms with Crippen molar-refractivity contribution in [2.24, 2.45) is 5.92 Å². The zero-order valence-corrected chi connectivity index (χ0v) is 31.2. The van der Waals surface area contributed by atoms with Crippen molar-refractivity contribution in [3.05, 3.63) is 108 Å². The van der Waals surface area contributed by atoms with Crippen molar-refractivity contribution >= 4 is 31.2 Å². The van der Waals surface area contributed by atoms with Gasteiger partial charge in [-0.2, -0.15) is 0 Å². The smallest absolute Gasteiger partial charge is 0.457 e. The van der Waals surface area contributed by atoms with Gasteiger partial charge in [-0.3, -0.25) is 4.79 Å². The number of nitrogens with one attached hydrogen (secondary N) is 2. The number of carbonyl (C=O) groups is 4. The van der Waals surface area contributed by atoms with Gasteiger partial charge in [0.15, 0.2) is 5.54 Å². The second-order valence-corrected chi connectivity index (χ2v) is 14.7. The molecule has 0 spiro atoms. The van der Waals surface area contributed by atoms with Gasteiger partial charge in [0.05, 0.1) is 17.7 Å². The van der Waals surface area contributed by atoms with Crippen LogP contribution in [0.4, 0.5) is 9.59 Å². The van der Waals surface area contributed by atoms with E-state index >= 15 is 0 Å². The first-order chi connectivity index (χ1) is 25.3. The number of carbonyl (C=O) groups excluding carboxylic acids is 4. The molecule has 2 aliphatic heterocycles. The van der Waals surface area contributed by atoms with Crippen LogP contribution in [0.5, 0.6) is 0 Å². The molecule has 0 unspecified atom stereocenters. The first-order valence-corrected chi connectivity index (χ1v) is 18.1.